The third-order valence-corrected chi connectivity index (χ3v) is 8.00. The summed E-state index contributed by atoms with van der Waals surface area (Å²) in [6.45, 7) is 3.67. The SMILES string of the molecule is O=C(O)c1ccc2nc(CN3CC=C(c4csc(OCc5ccc(OC(F)(F)F)cc5)n4)CC3)n(CC3CCO3)c2c1. The van der Waals surface area contributed by atoms with Gasteiger partial charge in [0.1, 0.15) is 18.2 Å². The van der Waals surface area contributed by atoms with Crippen LogP contribution in [0.1, 0.15) is 40.3 Å². The highest BCUT2D eigenvalue weighted by Gasteiger charge is 2.31. The van der Waals surface area contributed by atoms with E-state index in [-0.39, 0.29) is 24.0 Å². The Balaban J connectivity index is 1.08. The van der Waals surface area contributed by atoms with Crippen molar-refractivity contribution in [1.82, 2.24) is 19.4 Å². The van der Waals surface area contributed by atoms with Crippen LogP contribution in [0, 0.1) is 0 Å². The standard InChI is InChI=1S/C29H27F3N4O5S/c30-29(31,32)41-21-4-1-18(2-5-21)16-40-28-34-24(17-42-28)19-7-10-35(11-8-19)15-26-33-23-6-3-20(27(37)38)13-25(23)36(26)14-22-9-12-39-22/h1-7,13,17,22H,8-12,14-16H2,(H,37,38). The highest BCUT2D eigenvalue weighted by molar-refractivity contribution is 7.11. The molecule has 220 valence electrons. The number of hydrogen-bond acceptors (Lipinski definition) is 8. The Morgan fingerprint density at radius 1 is 1.17 bits per heavy atom. The molecule has 0 aliphatic carbocycles. The molecule has 2 aliphatic rings. The van der Waals surface area contributed by atoms with Crippen LogP contribution in [0.15, 0.2) is 53.9 Å². The van der Waals surface area contributed by atoms with Crippen LogP contribution in [-0.4, -0.2) is 62.7 Å². The maximum Gasteiger partial charge on any atom is 0.573 e. The summed E-state index contributed by atoms with van der Waals surface area (Å²) in [5.41, 5.74) is 4.46. The Labute approximate surface area is 242 Å². The summed E-state index contributed by atoms with van der Waals surface area (Å²) in [6.07, 6.45) is -0.719. The van der Waals surface area contributed by atoms with E-state index in [0.29, 0.717) is 30.4 Å². The average Bonchev–Trinajstić information content (AvgIpc) is 3.54. The maximum absolute atomic E-state index is 12.3. The van der Waals surface area contributed by atoms with Gasteiger partial charge in [0.2, 0.25) is 0 Å². The number of nitrogens with zero attached hydrogens (tertiary/aromatic N) is 4. The number of rotatable bonds is 10. The van der Waals surface area contributed by atoms with Gasteiger partial charge in [0.25, 0.3) is 5.19 Å². The molecule has 6 rings (SSSR count). The van der Waals surface area contributed by atoms with Gasteiger partial charge in [-0.15, -0.1) is 13.2 Å². The van der Waals surface area contributed by atoms with E-state index in [1.165, 1.54) is 35.6 Å². The van der Waals surface area contributed by atoms with Crippen molar-refractivity contribution in [2.24, 2.45) is 0 Å². The molecule has 1 fully saturated rings. The highest BCUT2D eigenvalue weighted by Crippen LogP contribution is 2.30. The molecule has 2 aromatic heterocycles. The second kappa shape index (κ2) is 11.7. The lowest BCUT2D eigenvalue weighted by Gasteiger charge is -2.29. The van der Waals surface area contributed by atoms with Gasteiger partial charge in [-0.05, 0) is 54.3 Å². The lowest BCUT2D eigenvalue weighted by atomic mass is 10.1. The summed E-state index contributed by atoms with van der Waals surface area (Å²) >= 11 is 1.37. The van der Waals surface area contributed by atoms with Crippen molar-refractivity contribution in [1.29, 1.82) is 0 Å². The molecule has 1 unspecified atom stereocenters. The van der Waals surface area contributed by atoms with E-state index in [9.17, 15) is 23.1 Å². The molecule has 0 radical (unpaired) electrons. The Morgan fingerprint density at radius 2 is 1.98 bits per heavy atom. The summed E-state index contributed by atoms with van der Waals surface area (Å²) in [5.74, 6) is -0.371. The first-order valence-corrected chi connectivity index (χ1v) is 14.3. The fourth-order valence-electron chi connectivity index (χ4n) is 4.95. The van der Waals surface area contributed by atoms with Crippen LogP contribution in [0.25, 0.3) is 16.6 Å². The van der Waals surface area contributed by atoms with Gasteiger partial charge in [0, 0.05) is 25.1 Å². The van der Waals surface area contributed by atoms with E-state index in [1.807, 2.05) is 5.38 Å². The Bertz CT molecular complexity index is 1610. The Morgan fingerprint density at radius 3 is 2.64 bits per heavy atom. The second-order valence-corrected chi connectivity index (χ2v) is 10.9. The number of alkyl halides is 3. The first-order valence-electron chi connectivity index (χ1n) is 13.4. The zero-order chi connectivity index (χ0) is 29.3. The Kier molecular flexibility index (Phi) is 7.88. The zero-order valence-electron chi connectivity index (χ0n) is 22.3. The number of thiazole rings is 1. The molecule has 4 aromatic rings. The van der Waals surface area contributed by atoms with Crippen molar-refractivity contribution in [3.63, 3.8) is 0 Å². The van der Waals surface area contributed by atoms with E-state index in [1.54, 1.807) is 18.2 Å². The van der Waals surface area contributed by atoms with Crippen molar-refractivity contribution in [3.05, 3.63) is 76.6 Å². The van der Waals surface area contributed by atoms with E-state index in [2.05, 4.69) is 25.3 Å². The minimum absolute atomic E-state index is 0.103. The molecule has 0 saturated carbocycles. The van der Waals surface area contributed by atoms with Crippen LogP contribution in [0.4, 0.5) is 13.2 Å². The van der Waals surface area contributed by atoms with Crippen molar-refractivity contribution in [3.8, 4) is 10.9 Å². The number of aromatic nitrogens is 3. The fraction of sp³-hybridized carbons (Fsp3) is 0.345. The molecular formula is C29H27F3N4O5S. The molecule has 0 bridgehead atoms. The van der Waals surface area contributed by atoms with Crippen LogP contribution >= 0.6 is 11.3 Å². The topological polar surface area (TPSA) is 98.9 Å². The Hall–Kier alpha value is -3.94. The van der Waals surface area contributed by atoms with Crippen molar-refractivity contribution in [2.45, 2.75) is 45.0 Å². The van der Waals surface area contributed by atoms with Gasteiger partial charge in [0.15, 0.2) is 0 Å². The summed E-state index contributed by atoms with van der Waals surface area (Å²) in [5, 5.41) is 11.9. The fourth-order valence-corrected chi connectivity index (χ4v) is 5.65. The van der Waals surface area contributed by atoms with Gasteiger partial charge >= 0.3 is 12.3 Å². The van der Waals surface area contributed by atoms with Gasteiger partial charge < -0.3 is 23.9 Å². The zero-order valence-corrected chi connectivity index (χ0v) is 23.2. The molecule has 9 nitrogen and oxygen atoms in total. The number of fused-ring (bicyclic) bond motifs is 1. The van der Waals surface area contributed by atoms with Gasteiger partial charge in [-0.1, -0.05) is 29.5 Å². The van der Waals surface area contributed by atoms with Gasteiger partial charge in [-0.3, -0.25) is 4.90 Å². The molecule has 42 heavy (non-hydrogen) atoms. The van der Waals surface area contributed by atoms with Crippen LogP contribution in [0.5, 0.6) is 10.9 Å². The first kappa shape index (κ1) is 28.2. The number of aromatic carboxylic acids is 1. The summed E-state index contributed by atoms with van der Waals surface area (Å²) in [7, 11) is 0. The predicted molar refractivity (Wildman–Crippen MR) is 148 cm³/mol. The van der Waals surface area contributed by atoms with E-state index in [0.717, 1.165) is 54.1 Å². The van der Waals surface area contributed by atoms with Crippen LogP contribution < -0.4 is 9.47 Å². The summed E-state index contributed by atoms with van der Waals surface area (Å²) in [6, 6.07) is 10.6. The number of benzene rings is 2. The number of imidazole rings is 1. The third-order valence-electron chi connectivity index (χ3n) is 7.24. The molecule has 0 spiro atoms. The molecule has 2 aliphatic heterocycles. The molecule has 2 aromatic carbocycles. The molecule has 4 heterocycles. The highest BCUT2D eigenvalue weighted by atomic mass is 32.1. The molecule has 13 heteroatoms. The maximum atomic E-state index is 12.3. The monoisotopic (exact) mass is 600 g/mol. The molecular weight excluding hydrogens is 573 g/mol. The normalized spacial score (nSPS) is 17.6. The molecule has 1 N–H and O–H groups in total. The second-order valence-electron chi connectivity index (χ2n) is 10.1. The van der Waals surface area contributed by atoms with Crippen molar-refractivity contribution in [2.75, 3.05) is 19.7 Å². The first-order chi connectivity index (χ1) is 20.2. The van der Waals surface area contributed by atoms with E-state index >= 15 is 0 Å². The summed E-state index contributed by atoms with van der Waals surface area (Å²) in [4.78, 5) is 23.3. The predicted octanol–water partition coefficient (Wildman–Crippen LogP) is 5.75. The minimum Gasteiger partial charge on any atom is -0.478 e. The number of carboxylic acid groups (broad SMARTS) is 1. The van der Waals surface area contributed by atoms with E-state index in [4.69, 9.17) is 14.5 Å². The number of ether oxygens (including phenoxy) is 3. The summed E-state index contributed by atoms with van der Waals surface area (Å²) < 4.78 is 54.4. The number of hydrogen-bond donors (Lipinski definition) is 1. The van der Waals surface area contributed by atoms with Gasteiger partial charge in [0.05, 0.1) is 41.5 Å². The quantitative estimate of drug-likeness (QED) is 0.246. The van der Waals surface area contributed by atoms with Crippen molar-refractivity contribution >= 4 is 33.9 Å². The number of halogens is 3. The average molecular weight is 601 g/mol. The minimum atomic E-state index is -4.73. The lowest BCUT2D eigenvalue weighted by Crippen LogP contribution is -2.33. The molecule has 1 saturated heterocycles. The van der Waals surface area contributed by atoms with Gasteiger partial charge in [-0.25, -0.2) is 14.8 Å². The van der Waals surface area contributed by atoms with Crippen LogP contribution in [0.3, 0.4) is 0 Å². The smallest absolute Gasteiger partial charge is 0.478 e. The van der Waals surface area contributed by atoms with Crippen LogP contribution in [-0.2, 0) is 24.4 Å². The van der Waals surface area contributed by atoms with E-state index < -0.39 is 12.3 Å². The molecule has 0 amide bonds. The lowest BCUT2D eigenvalue weighted by molar-refractivity contribution is -0.274. The number of carbonyl (C=O) groups is 1. The molecule has 1 atom stereocenters. The van der Waals surface area contributed by atoms with Crippen molar-refractivity contribution < 1.29 is 37.3 Å². The van der Waals surface area contributed by atoms with Crippen LogP contribution in [0.2, 0.25) is 0 Å². The number of carboxylic acids is 1. The largest absolute Gasteiger partial charge is 0.573 e. The van der Waals surface area contributed by atoms with Gasteiger partial charge in [-0.2, -0.15) is 0 Å². The third kappa shape index (κ3) is 6.58.